The Balaban J connectivity index is 0.000000286. The van der Waals surface area contributed by atoms with Gasteiger partial charge in [-0.1, -0.05) is 32.0 Å². The van der Waals surface area contributed by atoms with E-state index in [1.54, 1.807) is 0 Å². The Hall–Kier alpha value is -1.26. The molecule has 2 rings (SSSR count). The predicted octanol–water partition coefficient (Wildman–Crippen LogP) is 3.09. The van der Waals surface area contributed by atoms with Crippen LogP contribution >= 0.6 is 7.82 Å². The molecule has 0 amide bonds. The van der Waals surface area contributed by atoms with Crippen molar-refractivity contribution in [2.75, 3.05) is 7.11 Å². The average Bonchev–Trinajstić information content (AvgIpc) is 2.45. The molecule has 1 aromatic carbocycles. The van der Waals surface area contributed by atoms with Crippen LogP contribution in [0, 0.1) is 0 Å². The van der Waals surface area contributed by atoms with E-state index in [2.05, 4.69) is 47.6 Å². The van der Waals surface area contributed by atoms with Gasteiger partial charge < -0.3 is 9.79 Å². The third-order valence-electron chi connectivity index (χ3n) is 2.85. The lowest BCUT2D eigenvalue weighted by molar-refractivity contribution is 0.235. The van der Waals surface area contributed by atoms with Gasteiger partial charge in [-0.05, 0) is 30.5 Å². The normalized spacial score (nSPS) is 11.1. The first-order valence-electron chi connectivity index (χ1n) is 6.40. The third kappa shape index (κ3) is 5.02. The maximum absolute atomic E-state index is 9.47. The van der Waals surface area contributed by atoms with Gasteiger partial charge in [0.2, 0.25) is 0 Å². The zero-order valence-electron chi connectivity index (χ0n) is 11.9. The number of pyridine rings is 1. The van der Waals surface area contributed by atoms with Gasteiger partial charge >= 0.3 is 7.82 Å². The minimum Gasteiger partial charge on any atom is -0.303 e. The van der Waals surface area contributed by atoms with Crippen LogP contribution in [0.1, 0.15) is 25.1 Å². The lowest BCUT2D eigenvalue weighted by Gasteiger charge is -2.06. The number of para-hydroxylation sites is 1. The van der Waals surface area contributed by atoms with Crippen molar-refractivity contribution in [2.45, 2.75) is 26.7 Å². The lowest BCUT2D eigenvalue weighted by Crippen LogP contribution is -1.95. The van der Waals surface area contributed by atoms with E-state index in [0.717, 1.165) is 25.5 Å². The van der Waals surface area contributed by atoms with E-state index in [9.17, 15) is 4.57 Å². The van der Waals surface area contributed by atoms with Gasteiger partial charge in [0, 0.05) is 18.2 Å². The van der Waals surface area contributed by atoms with Crippen LogP contribution in [0.3, 0.4) is 0 Å². The Labute approximate surface area is 118 Å². The Morgan fingerprint density at radius 3 is 2.30 bits per heavy atom. The molecule has 0 unspecified atom stereocenters. The van der Waals surface area contributed by atoms with E-state index in [1.807, 2.05) is 6.07 Å². The number of aromatic nitrogens is 1. The number of nitrogens with zero attached hydrogens (tertiary/aromatic N) is 1. The number of phosphoric ester groups is 1. The van der Waals surface area contributed by atoms with Gasteiger partial charge in [-0.3, -0.25) is 9.51 Å². The van der Waals surface area contributed by atoms with Crippen molar-refractivity contribution in [3.05, 3.63) is 41.6 Å². The molecular weight excluding hydrogens is 277 g/mol. The lowest BCUT2D eigenvalue weighted by atomic mass is 10.1. The first kappa shape index (κ1) is 16.8. The van der Waals surface area contributed by atoms with Crippen LogP contribution in [0.15, 0.2) is 30.3 Å². The molecule has 0 aliphatic heterocycles. The molecule has 1 heterocycles. The highest BCUT2D eigenvalue weighted by Gasteiger charge is 2.07. The van der Waals surface area contributed by atoms with Gasteiger partial charge in [-0.25, -0.2) is 4.57 Å². The van der Waals surface area contributed by atoms with Crippen molar-refractivity contribution >= 4 is 18.7 Å². The summed E-state index contributed by atoms with van der Waals surface area (Å²) < 4.78 is 13.1. The van der Waals surface area contributed by atoms with Crippen LogP contribution in [-0.2, 0) is 21.9 Å². The summed E-state index contributed by atoms with van der Waals surface area (Å²) in [5.74, 6) is 0. The zero-order valence-corrected chi connectivity index (χ0v) is 12.8. The minimum atomic E-state index is -4.15. The molecule has 5 nitrogen and oxygen atoms in total. The number of hydrogen-bond donors (Lipinski definition) is 2. The fourth-order valence-electron chi connectivity index (χ4n) is 1.81. The Morgan fingerprint density at radius 1 is 1.20 bits per heavy atom. The molecule has 0 bridgehead atoms. The van der Waals surface area contributed by atoms with Crippen LogP contribution in [-0.4, -0.2) is 21.9 Å². The van der Waals surface area contributed by atoms with Crippen molar-refractivity contribution in [1.82, 2.24) is 4.98 Å². The van der Waals surface area contributed by atoms with E-state index in [-0.39, 0.29) is 0 Å². The van der Waals surface area contributed by atoms with Crippen molar-refractivity contribution < 1.29 is 18.9 Å². The van der Waals surface area contributed by atoms with Crippen LogP contribution < -0.4 is 0 Å². The molecule has 1 aromatic heterocycles. The number of rotatable bonds is 3. The summed E-state index contributed by atoms with van der Waals surface area (Å²) in [6, 6.07) is 10.6. The van der Waals surface area contributed by atoms with Gasteiger partial charge in [0.1, 0.15) is 0 Å². The number of hydrogen-bond acceptors (Lipinski definition) is 3. The summed E-state index contributed by atoms with van der Waals surface area (Å²) in [6.45, 7) is 4.35. The number of phosphoric acid groups is 1. The Bertz CT molecular complexity index is 567. The smallest absolute Gasteiger partial charge is 0.303 e. The molecule has 20 heavy (non-hydrogen) atoms. The largest absolute Gasteiger partial charge is 0.469 e. The highest BCUT2D eigenvalue weighted by Crippen LogP contribution is 2.33. The average molecular weight is 297 g/mol. The van der Waals surface area contributed by atoms with E-state index in [1.165, 1.54) is 16.6 Å². The van der Waals surface area contributed by atoms with Crippen LogP contribution in [0.25, 0.3) is 10.9 Å². The van der Waals surface area contributed by atoms with Gasteiger partial charge in [0.15, 0.2) is 0 Å². The highest BCUT2D eigenvalue weighted by molar-refractivity contribution is 7.46. The maximum atomic E-state index is 9.47. The van der Waals surface area contributed by atoms with Crippen LogP contribution in [0.2, 0.25) is 0 Å². The summed E-state index contributed by atoms with van der Waals surface area (Å²) in [6.07, 6.45) is 2.09. The fourth-order valence-corrected chi connectivity index (χ4v) is 1.81. The van der Waals surface area contributed by atoms with E-state index in [4.69, 9.17) is 9.79 Å². The first-order valence-corrected chi connectivity index (χ1v) is 7.93. The molecule has 0 spiro atoms. The summed E-state index contributed by atoms with van der Waals surface area (Å²) >= 11 is 0. The predicted molar refractivity (Wildman–Crippen MR) is 79.6 cm³/mol. The molecule has 0 aliphatic rings. The molecule has 0 saturated heterocycles. The molecule has 0 atom stereocenters. The van der Waals surface area contributed by atoms with Gasteiger partial charge in [0.05, 0.1) is 5.52 Å². The Kier molecular flexibility index (Phi) is 6.30. The molecule has 2 N–H and O–H groups in total. The SMILES string of the molecule is CCc1cc2ccccc2nc1CC.COP(=O)(O)O. The summed E-state index contributed by atoms with van der Waals surface area (Å²) in [4.78, 5) is 20.1. The highest BCUT2D eigenvalue weighted by atomic mass is 31.2. The molecule has 0 aliphatic carbocycles. The molecule has 6 heteroatoms. The molecular formula is C14H20NO4P. The molecule has 2 aromatic rings. The van der Waals surface area contributed by atoms with Crippen molar-refractivity contribution in [2.24, 2.45) is 0 Å². The third-order valence-corrected chi connectivity index (χ3v) is 3.32. The second kappa shape index (κ2) is 7.50. The second-order valence-electron chi connectivity index (χ2n) is 4.17. The second-order valence-corrected chi connectivity index (χ2v) is 5.51. The first-order chi connectivity index (χ1) is 9.41. The monoisotopic (exact) mass is 297 g/mol. The molecule has 0 radical (unpaired) electrons. The van der Waals surface area contributed by atoms with Crippen molar-refractivity contribution in [3.63, 3.8) is 0 Å². The van der Waals surface area contributed by atoms with Gasteiger partial charge in [0.25, 0.3) is 0 Å². The summed E-state index contributed by atoms with van der Waals surface area (Å²) in [5.41, 5.74) is 3.74. The fraction of sp³-hybridized carbons (Fsp3) is 0.357. The van der Waals surface area contributed by atoms with Gasteiger partial charge in [-0.2, -0.15) is 0 Å². The van der Waals surface area contributed by atoms with E-state index < -0.39 is 7.82 Å². The topological polar surface area (TPSA) is 79.7 Å². The maximum Gasteiger partial charge on any atom is 0.469 e. The van der Waals surface area contributed by atoms with E-state index in [0.29, 0.717) is 0 Å². The summed E-state index contributed by atoms with van der Waals surface area (Å²) in [5, 5.41) is 1.25. The molecule has 0 fully saturated rings. The zero-order chi connectivity index (χ0) is 15.2. The molecule has 110 valence electrons. The number of fused-ring (bicyclic) bond motifs is 1. The Morgan fingerprint density at radius 2 is 1.80 bits per heavy atom. The van der Waals surface area contributed by atoms with Crippen LogP contribution in [0.5, 0.6) is 0 Å². The number of benzene rings is 1. The summed E-state index contributed by atoms with van der Waals surface area (Å²) in [7, 11) is -3.20. The molecule has 0 saturated carbocycles. The minimum absolute atomic E-state index is 0.945. The quantitative estimate of drug-likeness (QED) is 0.851. The standard InChI is InChI=1S/C13H15N.CH5O4P/c1-3-10-9-11-7-5-6-8-13(11)14-12(10)4-2;1-5-6(2,3)4/h5-9H,3-4H2,1-2H3;1H3,(H2,2,3,4). The van der Waals surface area contributed by atoms with Crippen molar-refractivity contribution in [3.8, 4) is 0 Å². The van der Waals surface area contributed by atoms with Gasteiger partial charge in [-0.15, -0.1) is 0 Å². The van der Waals surface area contributed by atoms with Crippen LogP contribution in [0.4, 0.5) is 0 Å². The van der Waals surface area contributed by atoms with E-state index >= 15 is 0 Å². The van der Waals surface area contributed by atoms with Crippen molar-refractivity contribution in [1.29, 1.82) is 0 Å². The number of aryl methyl sites for hydroxylation is 2.